The second-order valence-corrected chi connectivity index (χ2v) is 5.76. The fourth-order valence-corrected chi connectivity index (χ4v) is 2.91. The van der Waals surface area contributed by atoms with Gasteiger partial charge in [-0.1, -0.05) is 0 Å². The van der Waals surface area contributed by atoms with E-state index in [0.717, 1.165) is 17.4 Å². The number of rotatable bonds is 3. The second-order valence-electron chi connectivity index (χ2n) is 5.76. The van der Waals surface area contributed by atoms with Gasteiger partial charge >= 0.3 is 0 Å². The van der Waals surface area contributed by atoms with Crippen LogP contribution in [-0.4, -0.2) is 44.4 Å². The van der Waals surface area contributed by atoms with Crippen LogP contribution in [0.4, 0.5) is 5.69 Å². The van der Waals surface area contributed by atoms with Crippen LogP contribution in [0.15, 0.2) is 12.1 Å². The Morgan fingerprint density at radius 1 is 1.21 bits per heavy atom. The molecule has 0 unspecified atom stereocenters. The Hall–Kier alpha value is -1.35. The molecular weight excluding hydrogens is 236 g/mol. The maximum absolute atomic E-state index is 11.0. The number of nitrogens with zero attached hydrogens (tertiary/aromatic N) is 2. The first-order chi connectivity index (χ1) is 9.02. The smallest absolute Gasteiger partial charge is 0.150 e. The lowest BCUT2D eigenvalue weighted by Gasteiger charge is -2.37. The number of carbonyl (C=O) groups excluding carboxylic acids is 1. The SMILES string of the molecule is Cc1cc(N(C)C2CCN(C)CC2)c(C)cc1C=O. The normalized spacial score (nSPS) is 17.5. The summed E-state index contributed by atoms with van der Waals surface area (Å²) in [6.07, 6.45) is 3.36. The molecule has 104 valence electrons. The Balaban J connectivity index is 2.21. The monoisotopic (exact) mass is 260 g/mol. The van der Waals surface area contributed by atoms with E-state index in [9.17, 15) is 4.79 Å². The fourth-order valence-electron chi connectivity index (χ4n) is 2.91. The van der Waals surface area contributed by atoms with E-state index in [2.05, 4.69) is 36.9 Å². The van der Waals surface area contributed by atoms with Crippen LogP contribution in [-0.2, 0) is 0 Å². The zero-order chi connectivity index (χ0) is 14.0. The molecule has 0 bridgehead atoms. The lowest BCUT2D eigenvalue weighted by molar-refractivity contribution is 0.112. The van der Waals surface area contributed by atoms with Crippen LogP contribution in [0.25, 0.3) is 0 Å². The van der Waals surface area contributed by atoms with E-state index in [1.165, 1.54) is 37.2 Å². The third-order valence-corrected chi connectivity index (χ3v) is 4.33. The van der Waals surface area contributed by atoms with Crippen molar-refractivity contribution < 1.29 is 4.79 Å². The lowest BCUT2D eigenvalue weighted by Crippen LogP contribution is -2.42. The minimum Gasteiger partial charge on any atom is -0.371 e. The topological polar surface area (TPSA) is 23.6 Å². The molecule has 0 radical (unpaired) electrons. The zero-order valence-electron chi connectivity index (χ0n) is 12.4. The van der Waals surface area contributed by atoms with Gasteiger partial charge in [0.15, 0.2) is 0 Å². The highest BCUT2D eigenvalue weighted by Crippen LogP contribution is 2.27. The summed E-state index contributed by atoms with van der Waals surface area (Å²) in [7, 11) is 4.36. The van der Waals surface area contributed by atoms with Crippen molar-refractivity contribution in [3.63, 3.8) is 0 Å². The van der Waals surface area contributed by atoms with Crippen molar-refractivity contribution in [3.05, 3.63) is 28.8 Å². The minimum absolute atomic E-state index is 0.608. The van der Waals surface area contributed by atoms with Crippen LogP contribution in [0.3, 0.4) is 0 Å². The van der Waals surface area contributed by atoms with Gasteiger partial charge in [-0.2, -0.15) is 0 Å². The van der Waals surface area contributed by atoms with E-state index >= 15 is 0 Å². The van der Waals surface area contributed by atoms with Crippen molar-refractivity contribution in [2.75, 3.05) is 32.1 Å². The van der Waals surface area contributed by atoms with Crippen molar-refractivity contribution in [2.45, 2.75) is 32.7 Å². The van der Waals surface area contributed by atoms with E-state index in [1.54, 1.807) is 0 Å². The molecule has 1 saturated heterocycles. The number of aryl methyl sites for hydroxylation is 2. The quantitative estimate of drug-likeness (QED) is 0.781. The number of hydrogen-bond donors (Lipinski definition) is 0. The molecule has 19 heavy (non-hydrogen) atoms. The molecule has 0 aliphatic carbocycles. The van der Waals surface area contributed by atoms with Gasteiger partial charge in [0, 0.05) is 24.3 Å². The molecule has 1 fully saturated rings. The van der Waals surface area contributed by atoms with E-state index in [0.29, 0.717) is 6.04 Å². The van der Waals surface area contributed by atoms with Crippen LogP contribution in [0.2, 0.25) is 0 Å². The highest BCUT2D eigenvalue weighted by Gasteiger charge is 2.22. The molecule has 1 aromatic rings. The van der Waals surface area contributed by atoms with Gasteiger partial charge < -0.3 is 9.80 Å². The van der Waals surface area contributed by atoms with Crippen LogP contribution in [0.5, 0.6) is 0 Å². The highest BCUT2D eigenvalue weighted by atomic mass is 16.1. The summed E-state index contributed by atoms with van der Waals surface area (Å²) in [5.41, 5.74) is 4.32. The van der Waals surface area contributed by atoms with Gasteiger partial charge in [-0.05, 0) is 70.1 Å². The first-order valence-corrected chi connectivity index (χ1v) is 7.00. The number of aldehydes is 1. The van der Waals surface area contributed by atoms with Crippen molar-refractivity contribution in [1.82, 2.24) is 4.90 Å². The maximum Gasteiger partial charge on any atom is 0.150 e. The van der Waals surface area contributed by atoms with Crippen LogP contribution < -0.4 is 4.90 Å². The standard InChI is InChI=1S/C16H24N2O/c1-12-10-16(13(2)9-14(12)11-19)18(4)15-5-7-17(3)8-6-15/h9-11,15H,5-8H2,1-4H3. The molecule has 0 spiro atoms. The third-order valence-electron chi connectivity index (χ3n) is 4.33. The van der Waals surface area contributed by atoms with Crippen molar-refractivity contribution in [3.8, 4) is 0 Å². The summed E-state index contributed by atoms with van der Waals surface area (Å²) in [6, 6.07) is 4.76. The molecule has 1 heterocycles. The number of anilines is 1. The Morgan fingerprint density at radius 3 is 2.42 bits per heavy atom. The summed E-state index contributed by atoms with van der Waals surface area (Å²) < 4.78 is 0. The minimum atomic E-state index is 0.608. The molecule has 3 heteroatoms. The Kier molecular flexibility index (Phi) is 4.25. The average Bonchev–Trinajstić information content (AvgIpc) is 2.41. The van der Waals surface area contributed by atoms with Gasteiger partial charge in [0.25, 0.3) is 0 Å². The molecule has 1 aliphatic heterocycles. The zero-order valence-corrected chi connectivity index (χ0v) is 12.4. The Morgan fingerprint density at radius 2 is 1.84 bits per heavy atom. The predicted molar refractivity (Wildman–Crippen MR) is 80.2 cm³/mol. The maximum atomic E-state index is 11.0. The summed E-state index contributed by atoms with van der Waals surface area (Å²) >= 11 is 0. The molecular formula is C16H24N2O. The Bertz CT molecular complexity index is 462. The molecule has 1 aliphatic rings. The summed E-state index contributed by atoms with van der Waals surface area (Å²) in [4.78, 5) is 15.8. The first kappa shape index (κ1) is 14.1. The largest absolute Gasteiger partial charge is 0.371 e. The van der Waals surface area contributed by atoms with Gasteiger partial charge in [-0.3, -0.25) is 4.79 Å². The fraction of sp³-hybridized carbons (Fsp3) is 0.562. The Labute approximate surface area is 116 Å². The number of hydrogen-bond acceptors (Lipinski definition) is 3. The van der Waals surface area contributed by atoms with E-state index in [4.69, 9.17) is 0 Å². The van der Waals surface area contributed by atoms with Crippen LogP contribution in [0, 0.1) is 13.8 Å². The number of benzene rings is 1. The molecule has 0 N–H and O–H groups in total. The van der Waals surface area contributed by atoms with E-state index < -0.39 is 0 Å². The van der Waals surface area contributed by atoms with Crippen molar-refractivity contribution >= 4 is 12.0 Å². The summed E-state index contributed by atoms with van der Waals surface area (Å²) in [5.74, 6) is 0. The number of carbonyl (C=O) groups is 1. The average molecular weight is 260 g/mol. The molecule has 3 nitrogen and oxygen atoms in total. The number of piperidine rings is 1. The summed E-state index contributed by atoms with van der Waals surface area (Å²) in [6.45, 7) is 6.43. The van der Waals surface area contributed by atoms with E-state index in [-0.39, 0.29) is 0 Å². The molecule has 0 saturated carbocycles. The van der Waals surface area contributed by atoms with Crippen molar-refractivity contribution in [1.29, 1.82) is 0 Å². The van der Waals surface area contributed by atoms with Gasteiger partial charge in [-0.15, -0.1) is 0 Å². The van der Waals surface area contributed by atoms with Gasteiger partial charge in [0.2, 0.25) is 0 Å². The second kappa shape index (κ2) is 5.74. The van der Waals surface area contributed by atoms with Crippen LogP contribution >= 0.6 is 0 Å². The molecule has 0 atom stereocenters. The summed E-state index contributed by atoms with van der Waals surface area (Å²) in [5, 5.41) is 0. The molecule has 0 aromatic heterocycles. The first-order valence-electron chi connectivity index (χ1n) is 7.00. The van der Waals surface area contributed by atoms with Crippen LogP contribution in [0.1, 0.15) is 34.3 Å². The third kappa shape index (κ3) is 2.98. The van der Waals surface area contributed by atoms with Gasteiger partial charge in [0.1, 0.15) is 6.29 Å². The number of likely N-dealkylation sites (tertiary alicyclic amines) is 1. The van der Waals surface area contributed by atoms with Crippen molar-refractivity contribution in [2.24, 2.45) is 0 Å². The molecule has 0 amide bonds. The highest BCUT2D eigenvalue weighted by molar-refractivity contribution is 5.79. The molecule has 1 aromatic carbocycles. The van der Waals surface area contributed by atoms with Gasteiger partial charge in [0.05, 0.1) is 0 Å². The van der Waals surface area contributed by atoms with Gasteiger partial charge in [-0.25, -0.2) is 0 Å². The van der Waals surface area contributed by atoms with E-state index in [1.807, 2.05) is 13.0 Å². The lowest BCUT2D eigenvalue weighted by atomic mass is 9.99. The predicted octanol–water partition coefficient (Wildman–Crippen LogP) is 2.65. The molecule has 2 rings (SSSR count).